The molecule has 0 spiro atoms. The molecule has 0 bridgehead atoms. The Morgan fingerprint density at radius 3 is 2.44 bits per heavy atom. The van der Waals surface area contributed by atoms with Crippen LogP contribution in [-0.4, -0.2) is 29.7 Å². The van der Waals surface area contributed by atoms with Crippen LogP contribution in [0.15, 0.2) is 30.3 Å². The van der Waals surface area contributed by atoms with Crippen molar-refractivity contribution in [2.24, 2.45) is 0 Å². The van der Waals surface area contributed by atoms with E-state index in [1.54, 1.807) is 0 Å². The van der Waals surface area contributed by atoms with Crippen LogP contribution in [0.25, 0.3) is 0 Å². The Bertz CT molecular complexity index is 417. The van der Waals surface area contributed by atoms with E-state index in [1.165, 1.54) is 5.56 Å². The molecular weight excluding hydrogens is 226 g/mol. The molecule has 1 heterocycles. The van der Waals surface area contributed by atoms with Crippen LogP contribution < -0.4 is 0 Å². The summed E-state index contributed by atoms with van der Waals surface area (Å²) in [5.74, 6) is 0.672. The summed E-state index contributed by atoms with van der Waals surface area (Å²) >= 11 is 0. The lowest BCUT2D eigenvalue weighted by Crippen LogP contribution is -2.39. The molecule has 1 aliphatic rings. The van der Waals surface area contributed by atoms with E-state index < -0.39 is 0 Å². The molecule has 1 aromatic carbocycles. The molecule has 0 N–H and O–H groups in total. The van der Waals surface area contributed by atoms with Crippen molar-refractivity contribution in [1.82, 2.24) is 4.90 Å². The first-order valence-electron chi connectivity index (χ1n) is 6.51. The smallest absolute Gasteiger partial charge is 0.223 e. The summed E-state index contributed by atoms with van der Waals surface area (Å²) in [5.41, 5.74) is 1.19. The number of hydrogen-bond donors (Lipinski definition) is 0. The molecule has 2 rings (SSSR count). The van der Waals surface area contributed by atoms with Crippen LogP contribution in [0.1, 0.15) is 37.7 Å². The van der Waals surface area contributed by atoms with Crippen molar-refractivity contribution < 1.29 is 9.59 Å². The van der Waals surface area contributed by atoms with Gasteiger partial charge in [-0.1, -0.05) is 37.3 Å². The molecular formula is C15H19NO2. The highest BCUT2D eigenvalue weighted by Crippen LogP contribution is 2.20. The molecule has 0 aromatic heterocycles. The van der Waals surface area contributed by atoms with Gasteiger partial charge in [-0.15, -0.1) is 0 Å². The number of benzene rings is 1. The van der Waals surface area contributed by atoms with Crippen LogP contribution in [0.4, 0.5) is 0 Å². The lowest BCUT2D eigenvalue weighted by atomic mass is 9.97. The number of Topliss-reactive ketones (excluding diaryl/α,β-unsaturated/α-hetero) is 1. The molecule has 96 valence electrons. The minimum Gasteiger partial charge on any atom is -0.342 e. The second-order valence-corrected chi connectivity index (χ2v) is 4.94. The van der Waals surface area contributed by atoms with Gasteiger partial charge in [0.2, 0.25) is 5.91 Å². The van der Waals surface area contributed by atoms with Gasteiger partial charge in [0.15, 0.2) is 0 Å². The predicted octanol–water partition coefficient (Wildman–Crippen LogP) is 2.37. The fraction of sp³-hybridized carbons (Fsp3) is 0.467. The number of amides is 1. The minimum atomic E-state index is 0.166. The van der Waals surface area contributed by atoms with Gasteiger partial charge in [0.25, 0.3) is 0 Å². The van der Waals surface area contributed by atoms with E-state index >= 15 is 0 Å². The third-order valence-electron chi connectivity index (χ3n) is 3.52. The monoisotopic (exact) mass is 245 g/mol. The highest BCUT2D eigenvalue weighted by molar-refractivity contribution is 5.83. The minimum absolute atomic E-state index is 0.166. The molecule has 1 unspecified atom stereocenters. The Morgan fingerprint density at radius 2 is 1.83 bits per heavy atom. The summed E-state index contributed by atoms with van der Waals surface area (Å²) in [6.07, 6.45) is 1.56. The summed E-state index contributed by atoms with van der Waals surface area (Å²) in [5, 5.41) is 0. The first-order valence-corrected chi connectivity index (χ1v) is 6.51. The Morgan fingerprint density at radius 1 is 1.22 bits per heavy atom. The number of likely N-dealkylation sites (tertiary alicyclic amines) is 1. The number of carbonyl (C=O) groups is 2. The molecule has 0 radical (unpaired) electrons. The van der Waals surface area contributed by atoms with E-state index in [4.69, 9.17) is 0 Å². The maximum atomic E-state index is 12.1. The number of nitrogens with zero attached hydrogens (tertiary/aromatic N) is 1. The SMILES string of the molecule is CC(CC(=O)N1CCC(=O)CC1)c1ccccc1. The topological polar surface area (TPSA) is 37.4 Å². The summed E-state index contributed by atoms with van der Waals surface area (Å²) in [6, 6.07) is 10.1. The third kappa shape index (κ3) is 3.19. The average molecular weight is 245 g/mol. The van der Waals surface area contributed by atoms with Gasteiger partial charge >= 0.3 is 0 Å². The van der Waals surface area contributed by atoms with Crippen LogP contribution >= 0.6 is 0 Å². The molecule has 1 fully saturated rings. The van der Waals surface area contributed by atoms with Crippen molar-refractivity contribution in [3.05, 3.63) is 35.9 Å². The Labute approximate surface area is 108 Å². The van der Waals surface area contributed by atoms with Crippen LogP contribution in [0.5, 0.6) is 0 Å². The van der Waals surface area contributed by atoms with Crippen molar-refractivity contribution >= 4 is 11.7 Å². The van der Waals surface area contributed by atoms with Gasteiger partial charge in [-0.3, -0.25) is 9.59 Å². The maximum absolute atomic E-state index is 12.1. The van der Waals surface area contributed by atoms with Crippen molar-refractivity contribution in [3.8, 4) is 0 Å². The Kier molecular flexibility index (Phi) is 4.13. The van der Waals surface area contributed by atoms with Crippen LogP contribution in [-0.2, 0) is 9.59 Å². The highest BCUT2D eigenvalue weighted by Gasteiger charge is 2.22. The van der Waals surface area contributed by atoms with Crippen molar-refractivity contribution in [2.45, 2.75) is 32.1 Å². The lowest BCUT2D eigenvalue weighted by Gasteiger charge is -2.27. The van der Waals surface area contributed by atoms with Crippen LogP contribution in [0, 0.1) is 0 Å². The van der Waals surface area contributed by atoms with E-state index in [1.807, 2.05) is 23.1 Å². The first kappa shape index (κ1) is 12.8. The summed E-state index contributed by atoms with van der Waals surface area (Å²) in [6.45, 7) is 3.26. The normalized spacial score (nSPS) is 17.6. The predicted molar refractivity (Wildman–Crippen MR) is 70.3 cm³/mol. The van der Waals surface area contributed by atoms with Crippen LogP contribution in [0.2, 0.25) is 0 Å². The van der Waals surface area contributed by atoms with E-state index in [9.17, 15) is 9.59 Å². The van der Waals surface area contributed by atoms with E-state index in [0.29, 0.717) is 32.4 Å². The van der Waals surface area contributed by atoms with Gasteiger partial charge < -0.3 is 4.90 Å². The third-order valence-corrected chi connectivity index (χ3v) is 3.52. The van der Waals surface area contributed by atoms with Gasteiger partial charge in [0.05, 0.1) is 0 Å². The fourth-order valence-electron chi connectivity index (χ4n) is 2.30. The van der Waals surface area contributed by atoms with Gasteiger partial charge in [-0.25, -0.2) is 0 Å². The molecule has 1 saturated heterocycles. The molecule has 3 heteroatoms. The molecule has 1 aliphatic heterocycles. The van der Waals surface area contributed by atoms with Crippen molar-refractivity contribution in [2.75, 3.05) is 13.1 Å². The van der Waals surface area contributed by atoms with Gasteiger partial charge in [0.1, 0.15) is 5.78 Å². The molecule has 0 aliphatic carbocycles. The highest BCUT2D eigenvalue weighted by atomic mass is 16.2. The Balaban J connectivity index is 1.89. The molecule has 3 nitrogen and oxygen atoms in total. The number of hydrogen-bond acceptors (Lipinski definition) is 2. The van der Waals surface area contributed by atoms with Crippen molar-refractivity contribution in [1.29, 1.82) is 0 Å². The van der Waals surface area contributed by atoms with E-state index in [2.05, 4.69) is 19.1 Å². The van der Waals surface area contributed by atoms with Gasteiger partial charge in [0, 0.05) is 32.4 Å². The molecule has 18 heavy (non-hydrogen) atoms. The zero-order valence-electron chi connectivity index (χ0n) is 10.8. The second-order valence-electron chi connectivity index (χ2n) is 4.94. The zero-order valence-corrected chi connectivity index (χ0v) is 10.8. The van der Waals surface area contributed by atoms with Gasteiger partial charge in [-0.05, 0) is 11.5 Å². The van der Waals surface area contributed by atoms with Crippen molar-refractivity contribution in [3.63, 3.8) is 0 Å². The molecule has 1 aromatic rings. The fourth-order valence-corrected chi connectivity index (χ4v) is 2.30. The standard InChI is InChI=1S/C15H19NO2/c1-12(13-5-3-2-4-6-13)11-15(18)16-9-7-14(17)8-10-16/h2-6,12H,7-11H2,1H3. The van der Waals surface area contributed by atoms with E-state index in [0.717, 1.165) is 0 Å². The number of ketones is 1. The molecule has 1 atom stereocenters. The lowest BCUT2D eigenvalue weighted by molar-refractivity contribution is -0.134. The first-order chi connectivity index (χ1) is 8.66. The zero-order chi connectivity index (χ0) is 13.0. The van der Waals surface area contributed by atoms with Gasteiger partial charge in [-0.2, -0.15) is 0 Å². The Hall–Kier alpha value is -1.64. The largest absolute Gasteiger partial charge is 0.342 e. The molecule has 0 saturated carbocycles. The second kappa shape index (κ2) is 5.80. The maximum Gasteiger partial charge on any atom is 0.223 e. The van der Waals surface area contributed by atoms with Crippen LogP contribution in [0.3, 0.4) is 0 Å². The van der Waals surface area contributed by atoms with E-state index in [-0.39, 0.29) is 17.6 Å². The summed E-state index contributed by atoms with van der Waals surface area (Å²) in [7, 11) is 0. The average Bonchev–Trinajstić information content (AvgIpc) is 2.40. The number of piperidine rings is 1. The number of carbonyl (C=O) groups excluding carboxylic acids is 2. The number of rotatable bonds is 3. The quantitative estimate of drug-likeness (QED) is 0.820. The molecule has 1 amide bonds. The summed E-state index contributed by atoms with van der Waals surface area (Å²) in [4.78, 5) is 25.1. The summed E-state index contributed by atoms with van der Waals surface area (Å²) < 4.78 is 0.